The first-order valence-electron chi connectivity index (χ1n) is 3.66. The molecule has 2 atom stereocenters. The molecule has 6 heteroatoms. The van der Waals surface area contributed by atoms with E-state index < -0.39 is 35.8 Å². The van der Waals surface area contributed by atoms with Crippen LogP contribution >= 0.6 is 0 Å². The lowest BCUT2D eigenvalue weighted by Crippen LogP contribution is -2.41. The number of fused-ring (bicyclic) bond motifs is 1. The second-order valence-corrected chi connectivity index (χ2v) is 3.04. The zero-order valence-electron chi connectivity index (χ0n) is 6.48. The lowest BCUT2D eigenvalue weighted by atomic mass is 9.80. The van der Waals surface area contributed by atoms with Crippen LogP contribution in [0.4, 0.5) is 0 Å². The van der Waals surface area contributed by atoms with E-state index in [1.54, 1.807) is 0 Å². The molecular weight excluding hydrogens is 180 g/mol. The normalized spacial score (nSPS) is 36.8. The van der Waals surface area contributed by atoms with E-state index >= 15 is 0 Å². The number of carbonyl (C=O) groups is 3. The molecule has 0 aromatic rings. The van der Waals surface area contributed by atoms with Gasteiger partial charge in [0.25, 0.3) is 0 Å². The number of aliphatic carboxylic acids is 1. The summed E-state index contributed by atoms with van der Waals surface area (Å²) in [5, 5.41) is 8.83. The van der Waals surface area contributed by atoms with Crippen molar-refractivity contribution >= 4 is 17.9 Å². The largest absolute Gasteiger partial charge is 0.480 e. The van der Waals surface area contributed by atoms with E-state index in [2.05, 4.69) is 9.47 Å². The molecule has 1 N–H and O–H groups in total. The molecule has 6 nitrogen and oxygen atoms in total. The first-order chi connectivity index (χ1) is 6.09. The van der Waals surface area contributed by atoms with Gasteiger partial charge in [0.15, 0.2) is 0 Å². The first kappa shape index (κ1) is 8.03. The summed E-state index contributed by atoms with van der Waals surface area (Å²) in [6, 6.07) is 0. The van der Waals surface area contributed by atoms with Gasteiger partial charge in [-0.3, -0.25) is 14.4 Å². The van der Waals surface area contributed by atoms with Crippen molar-refractivity contribution in [2.24, 2.45) is 11.3 Å². The summed E-state index contributed by atoms with van der Waals surface area (Å²) in [5.41, 5.74) is -1.78. The van der Waals surface area contributed by atoms with Crippen LogP contribution in [0.1, 0.15) is 0 Å². The average Bonchev–Trinajstić information content (AvgIpc) is 2.55. The van der Waals surface area contributed by atoms with E-state index in [9.17, 15) is 14.4 Å². The Bertz CT molecular complexity index is 308. The van der Waals surface area contributed by atoms with Gasteiger partial charge < -0.3 is 14.6 Å². The maximum atomic E-state index is 11.1. The van der Waals surface area contributed by atoms with Crippen LogP contribution in [0, 0.1) is 11.3 Å². The van der Waals surface area contributed by atoms with Gasteiger partial charge in [-0.25, -0.2) is 0 Å². The van der Waals surface area contributed by atoms with Gasteiger partial charge in [-0.05, 0) is 0 Å². The van der Waals surface area contributed by atoms with Crippen LogP contribution in [-0.2, 0) is 23.9 Å². The van der Waals surface area contributed by atoms with E-state index in [0.29, 0.717) is 0 Å². The van der Waals surface area contributed by atoms with Gasteiger partial charge in [0.1, 0.15) is 19.1 Å². The van der Waals surface area contributed by atoms with Crippen molar-refractivity contribution in [1.82, 2.24) is 0 Å². The predicted octanol–water partition coefficient (Wildman–Crippen LogP) is -1.21. The molecule has 2 heterocycles. The predicted molar refractivity (Wildman–Crippen MR) is 35.5 cm³/mol. The molecule has 2 aliphatic heterocycles. The van der Waals surface area contributed by atoms with E-state index in [1.807, 2.05) is 0 Å². The first-order valence-corrected chi connectivity index (χ1v) is 3.66. The summed E-state index contributed by atoms with van der Waals surface area (Å²) in [6.45, 7) is -0.603. The standard InChI is InChI=1S/C7H6O6/c8-4-3-1-12-6(11)7(3,2-13-4)5(9)10/h3H,1-2H2,(H,9,10)/t3-,7-/m1/s1. The Morgan fingerprint density at radius 3 is 2.69 bits per heavy atom. The van der Waals surface area contributed by atoms with Crippen molar-refractivity contribution in [3.63, 3.8) is 0 Å². The van der Waals surface area contributed by atoms with Gasteiger partial charge in [-0.2, -0.15) is 0 Å². The summed E-state index contributed by atoms with van der Waals surface area (Å²) in [5.74, 6) is -3.88. The minimum Gasteiger partial charge on any atom is -0.480 e. The van der Waals surface area contributed by atoms with Crippen molar-refractivity contribution in [2.75, 3.05) is 13.2 Å². The van der Waals surface area contributed by atoms with Crippen LogP contribution in [0.5, 0.6) is 0 Å². The highest BCUT2D eigenvalue weighted by atomic mass is 16.6. The minimum absolute atomic E-state index is 0.191. The number of hydrogen-bond acceptors (Lipinski definition) is 5. The lowest BCUT2D eigenvalue weighted by Gasteiger charge is -2.12. The number of esters is 2. The Morgan fingerprint density at radius 1 is 1.46 bits per heavy atom. The average molecular weight is 186 g/mol. The third-order valence-corrected chi connectivity index (χ3v) is 2.45. The van der Waals surface area contributed by atoms with Gasteiger partial charge in [0.2, 0.25) is 5.41 Å². The van der Waals surface area contributed by atoms with Gasteiger partial charge >= 0.3 is 17.9 Å². The van der Waals surface area contributed by atoms with Crippen LogP contribution in [-0.4, -0.2) is 36.2 Å². The summed E-state index contributed by atoms with van der Waals surface area (Å²) >= 11 is 0. The molecule has 0 bridgehead atoms. The second kappa shape index (κ2) is 2.21. The molecule has 0 aromatic carbocycles. The quantitative estimate of drug-likeness (QED) is 0.408. The molecule has 0 unspecified atom stereocenters. The fourth-order valence-electron chi connectivity index (χ4n) is 1.58. The van der Waals surface area contributed by atoms with Crippen molar-refractivity contribution in [2.45, 2.75) is 0 Å². The Labute approximate surface area is 72.4 Å². The Hall–Kier alpha value is -1.59. The molecule has 70 valence electrons. The molecule has 2 rings (SSSR count). The molecule has 0 amide bonds. The monoisotopic (exact) mass is 186 g/mol. The minimum atomic E-state index is -1.78. The van der Waals surface area contributed by atoms with Crippen molar-refractivity contribution in [3.05, 3.63) is 0 Å². The summed E-state index contributed by atoms with van der Waals surface area (Å²) in [4.78, 5) is 33.0. The Morgan fingerprint density at radius 2 is 2.15 bits per heavy atom. The van der Waals surface area contributed by atoms with Crippen LogP contribution in [0.3, 0.4) is 0 Å². The zero-order chi connectivity index (χ0) is 9.64. The molecule has 0 radical (unpaired) electrons. The number of ether oxygens (including phenoxy) is 2. The molecule has 2 aliphatic rings. The van der Waals surface area contributed by atoms with Crippen molar-refractivity contribution in [3.8, 4) is 0 Å². The maximum Gasteiger partial charge on any atom is 0.328 e. The van der Waals surface area contributed by atoms with Crippen LogP contribution in [0.15, 0.2) is 0 Å². The number of cyclic esters (lactones) is 2. The Balaban J connectivity index is 2.47. The van der Waals surface area contributed by atoms with E-state index in [0.717, 1.165) is 0 Å². The number of carboxylic acid groups (broad SMARTS) is 1. The van der Waals surface area contributed by atoms with E-state index in [4.69, 9.17) is 5.11 Å². The van der Waals surface area contributed by atoms with Gasteiger partial charge in [-0.15, -0.1) is 0 Å². The molecule has 0 aliphatic carbocycles. The third kappa shape index (κ3) is 0.746. The van der Waals surface area contributed by atoms with Crippen molar-refractivity contribution < 1.29 is 29.0 Å². The van der Waals surface area contributed by atoms with Gasteiger partial charge in [0, 0.05) is 0 Å². The number of rotatable bonds is 1. The second-order valence-electron chi connectivity index (χ2n) is 3.04. The fraction of sp³-hybridized carbons (Fsp3) is 0.571. The van der Waals surface area contributed by atoms with Gasteiger partial charge in [0.05, 0.1) is 0 Å². The summed E-state index contributed by atoms with van der Waals surface area (Å²) in [7, 11) is 0. The third-order valence-electron chi connectivity index (χ3n) is 2.45. The van der Waals surface area contributed by atoms with E-state index in [1.165, 1.54) is 0 Å². The maximum absolute atomic E-state index is 11.1. The molecule has 2 fully saturated rings. The topological polar surface area (TPSA) is 89.9 Å². The molecule has 13 heavy (non-hydrogen) atoms. The SMILES string of the molecule is O=C1OC[C@@]2(C(=O)O)C(=O)OC[C@H]12. The molecule has 0 spiro atoms. The summed E-state index contributed by atoms with van der Waals surface area (Å²) < 4.78 is 9.07. The molecule has 0 aromatic heterocycles. The zero-order valence-corrected chi connectivity index (χ0v) is 6.48. The number of carboxylic acids is 1. The van der Waals surface area contributed by atoms with Crippen LogP contribution in [0.2, 0.25) is 0 Å². The van der Waals surface area contributed by atoms with Crippen LogP contribution < -0.4 is 0 Å². The van der Waals surface area contributed by atoms with E-state index in [-0.39, 0.29) is 6.61 Å². The molecular formula is C7H6O6. The highest BCUT2D eigenvalue weighted by molar-refractivity contribution is 6.06. The molecule has 0 saturated carbocycles. The van der Waals surface area contributed by atoms with Crippen LogP contribution in [0.25, 0.3) is 0 Å². The summed E-state index contributed by atoms with van der Waals surface area (Å²) in [6.07, 6.45) is 0. The highest BCUT2D eigenvalue weighted by Gasteiger charge is 2.67. The smallest absolute Gasteiger partial charge is 0.328 e. The van der Waals surface area contributed by atoms with Gasteiger partial charge in [-0.1, -0.05) is 0 Å². The molecule has 2 saturated heterocycles. The van der Waals surface area contributed by atoms with Crippen molar-refractivity contribution in [1.29, 1.82) is 0 Å². The highest BCUT2D eigenvalue weighted by Crippen LogP contribution is 2.41. The fourth-order valence-corrected chi connectivity index (χ4v) is 1.58. The Kier molecular flexibility index (Phi) is 1.37. The number of hydrogen-bond donors (Lipinski definition) is 1. The lowest BCUT2D eigenvalue weighted by molar-refractivity contribution is -0.161. The number of carbonyl (C=O) groups excluding carboxylic acids is 2.